The normalized spacial score (nSPS) is 20.2. The fourth-order valence-corrected chi connectivity index (χ4v) is 2.66. The van der Waals surface area contributed by atoms with Crippen LogP contribution in [0.5, 0.6) is 0 Å². The summed E-state index contributed by atoms with van der Waals surface area (Å²) in [6.07, 6.45) is 1.76. The van der Waals surface area contributed by atoms with E-state index >= 15 is 0 Å². The quantitative estimate of drug-likeness (QED) is 0.892. The van der Waals surface area contributed by atoms with Crippen molar-refractivity contribution in [2.24, 2.45) is 5.92 Å². The van der Waals surface area contributed by atoms with E-state index in [2.05, 4.69) is 36.9 Å². The third kappa shape index (κ3) is 2.66. The monoisotopic (exact) mass is 247 g/mol. The number of carboxylic acid groups (broad SMARTS) is 1. The molecule has 3 heteroatoms. The molecule has 0 aromatic heterocycles. The lowest BCUT2D eigenvalue weighted by atomic mass is 9.95. The van der Waals surface area contributed by atoms with Crippen molar-refractivity contribution in [3.05, 3.63) is 29.8 Å². The zero-order valence-electron chi connectivity index (χ0n) is 11.1. The number of carboxylic acids is 1. The summed E-state index contributed by atoms with van der Waals surface area (Å²) in [5, 5.41) is 9.15. The average molecular weight is 247 g/mol. The maximum atomic E-state index is 11.1. The lowest BCUT2D eigenvalue weighted by Crippen LogP contribution is -2.39. The van der Waals surface area contributed by atoms with E-state index in [-0.39, 0.29) is 5.92 Å². The van der Waals surface area contributed by atoms with Crippen LogP contribution in [0.3, 0.4) is 0 Å². The van der Waals surface area contributed by atoms with Crippen molar-refractivity contribution in [3.63, 3.8) is 0 Å². The van der Waals surface area contributed by atoms with E-state index in [0.717, 1.165) is 19.4 Å². The van der Waals surface area contributed by atoms with E-state index in [0.29, 0.717) is 12.5 Å². The van der Waals surface area contributed by atoms with Crippen LogP contribution in [0.25, 0.3) is 0 Å². The zero-order valence-corrected chi connectivity index (χ0v) is 11.1. The van der Waals surface area contributed by atoms with E-state index in [1.165, 1.54) is 11.3 Å². The van der Waals surface area contributed by atoms with Gasteiger partial charge in [-0.1, -0.05) is 32.0 Å². The van der Waals surface area contributed by atoms with E-state index in [1.54, 1.807) is 0 Å². The number of hydrogen-bond donors (Lipinski definition) is 1. The number of rotatable bonds is 3. The summed E-state index contributed by atoms with van der Waals surface area (Å²) >= 11 is 0. The van der Waals surface area contributed by atoms with Crippen LogP contribution in [-0.4, -0.2) is 24.2 Å². The summed E-state index contributed by atoms with van der Waals surface area (Å²) in [7, 11) is 0. The number of nitrogens with zero attached hydrogens (tertiary/aromatic N) is 1. The molecule has 18 heavy (non-hydrogen) atoms. The SMILES string of the molecule is CC(C)c1ccccc1N1CCCC(C(=O)O)C1. The van der Waals surface area contributed by atoms with Gasteiger partial charge in [0.25, 0.3) is 0 Å². The van der Waals surface area contributed by atoms with Crippen LogP contribution >= 0.6 is 0 Å². The fraction of sp³-hybridized carbons (Fsp3) is 0.533. The summed E-state index contributed by atoms with van der Waals surface area (Å²) < 4.78 is 0. The molecule has 0 bridgehead atoms. The molecule has 1 heterocycles. The van der Waals surface area contributed by atoms with Crippen molar-refractivity contribution in [1.82, 2.24) is 0 Å². The van der Waals surface area contributed by atoms with E-state index < -0.39 is 5.97 Å². The van der Waals surface area contributed by atoms with Crippen molar-refractivity contribution in [2.45, 2.75) is 32.6 Å². The van der Waals surface area contributed by atoms with Gasteiger partial charge in [0.1, 0.15) is 0 Å². The van der Waals surface area contributed by atoms with Gasteiger partial charge in [-0.05, 0) is 30.4 Å². The molecule has 1 aromatic rings. The molecule has 3 nitrogen and oxygen atoms in total. The van der Waals surface area contributed by atoms with Crippen LogP contribution in [0.4, 0.5) is 5.69 Å². The molecule has 1 N–H and O–H groups in total. The van der Waals surface area contributed by atoms with Gasteiger partial charge in [0.15, 0.2) is 0 Å². The first kappa shape index (κ1) is 12.9. The summed E-state index contributed by atoms with van der Waals surface area (Å²) in [6, 6.07) is 8.34. The molecule has 1 atom stereocenters. The fourth-order valence-electron chi connectivity index (χ4n) is 2.66. The predicted molar refractivity (Wildman–Crippen MR) is 73.1 cm³/mol. The Labute approximate surface area is 108 Å². The highest BCUT2D eigenvalue weighted by atomic mass is 16.4. The largest absolute Gasteiger partial charge is 0.481 e. The molecule has 0 radical (unpaired) electrons. The predicted octanol–water partition coefficient (Wildman–Crippen LogP) is 3.11. The molecule has 1 unspecified atom stereocenters. The molecule has 2 rings (SSSR count). The van der Waals surface area contributed by atoms with Gasteiger partial charge in [0.2, 0.25) is 0 Å². The number of para-hydroxylation sites is 1. The molecule has 0 spiro atoms. The van der Waals surface area contributed by atoms with Gasteiger partial charge in [-0.3, -0.25) is 4.79 Å². The van der Waals surface area contributed by atoms with Crippen LogP contribution in [0.2, 0.25) is 0 Å². The third-order valence-electron chi connectivity index (χ3n) is 3.67. The molecule has 1 aromatic carbocycles. The highest BCUT2D eigenvalue weighted by Crippen LogP contribution is 2.30. The molecule has 1 aliphatic rings. The molecular weight excluding hydrogens is 226 g/mol. The second-order valence-corrected chi connectivity index (χ2v) is 5.34. The first-order chi connectivity index (χ1) is 8.59. The molecule has 0 saturated carbocycles. The lowest BCUT2D eigenvalue weighted by Gasteiger charge is -2.34. The van der Waals surface area contributed by atoms with Crippen molar-refractivity contribution in [3.8, 4) is 0 Å². The second-order valence-electron chi connectivity index (χ2n) is 5.34. The summed E-state index contributed by atoms with van der Waals surface area (Å²) in [5.74, 6) is -0.424. The van der Waals surface area contributed by atoms with Gasteiger partial charge in [-0.25, -0.2) is 0 Å². The van der Waals surface area contributed by atoms with Gasteiger partial charge in [-0.2, -0.15) is 0 Å². The van der Waals surface area contributed by atoms with Gasteiger partial charge < -0.3 is 10.0 Å². The van der Waals surface area contributed by atoms with Gasteiger partial charge in [0.05, 0.1) is 5.92 Å². The highest BCUT2D eigenvalue weighted by molar-refractivity contribution is 5.71. The van der Waals surface area contributed by atoms with Crippen molar-refractivity contribution in [2.75, 3.05) is 18.0 Å². The van der Waals surface area contributed by atoms with Gasteiger partial charge in [0, 0.05) is 18.8 Å². The minimum Gasteiger partial charge on any atom is -0.481 e. The Morgan fingerprint density at radius 3 is 2.78 bits per heavy atom. The van der Waals surface area contributed by atoms with Crippen LogP contribution in [0, 0.1) is 5.92 Å². The van der Waals surface area contributed by atoms with Crippen LogP contribution < -0.4 is 4.90 Å². The highest BCUT2D eigenvalue weighted by Gasteiger charge is 2.26. The number of carbonyl (C=O) groups is 1. The molecule has 98 valence electrons. The number of piperidine rings is 1. The smallest absolute Gasteiger partial charge is 0.308 e. The zero-order chi connectivity index (χ0) is 13.1. The summed E-state index contributed by atoms with van der Waals surface area (Å²) in [4.78, 5) is 13.4. The topological polar surface area (TPSA) is 40.5 Å². The Morgan fingerprint density at radius 1 is 1.39 bits per heavy atom. The molecule has 1 saturated heterocycles. The number of benzene rings is 1. The number of hydrogen-bond acceptors (Lipinski definition) is 2. The Kier molecular flexibility index (Phi) is 3.90. The Balaban J connectivity index is 2.23. The Hall–Kier alpha value is -1.51. The Morgan fingerprint density at radius 2 is 2.11 bits per heavy atom. The molecule has 1 fully saturated rings. The first-order valence-corrected chi connectivity index (χ1v) is 6.66. The maximum Gasteiger partial charge on any atom is 0.308 e. The van der Waals surface area contributed by atoms with Crippen molar-refractivity contribution >= 4 is 11.7 Å². The van der Waals surface area contributed by atoms with Gasteiger partial charge in [-0.15, -0.1) is 0 Å². The lowest BCUT2D eigenvalue weighted by molar-refractivity contribution is -0.141. The third-order valence-corrected chi connectivity index (χ3v) is 3.67. The van der Waals surface area contributed by atoms with E-state index in [1.807, 2.05) is 6.07 Å². The first-order valence-electron chi connectivity index (χ1n) is 6.66. The minimum atomic E-state index is -0.665. The number of aliphatic carboxylic acids is 1. The standard InChI is InChI=1S/C15H21NO2/c1-11(2)13-7-3-4-8-14(13)16-9-5-6-12(10-16)15(17)18/h3-4,7-8,11-12H,5-6,9-10H2,1-2H3,(H,17,18). The van der Waals surface area contributed by atoms with Crippen LogP contribution in [0.1, 0.15) is 38.2 Å². The Bertz CT molecular complexity index is 428. The molecule has 0 aliphatic carbocycles. The summed E-state index contributed by atoms with van der Waals surface area (Å²) in [6.45, 7) is 5.96. The van der Waals surface area contributed by atoms with E-state index in [4.69, 9.17) is 5.11 Å². The van der Waals surface area contributed by atoms with Gasteiger partial charge >= 0.3 is 5.97 Å². The molecule has 0 amide bonds. The average Bonchev–Trinajstić information content (AvgIpc) is 2.39. The van der Waals surface area contributed by atoms with Crippen LogP contribution in [0.15, 0.2) is 24.3 Å². The van der Waals surface area contributed by atoms with Crippen molar-refractivity contribution in [1.29, 1.82) is 0 Å². The maximum absolute atomic E-state index is 11.1. The minimum absolute atomic E-state index is 0.223. The summed E-state index contributed by atoms with van der Waals surface area (Å²) in [5.41, 5.74) is 2.52. The molecular formula is C15H21NO2. The number of anilines is 1. The molecule has 1 aliphatic heterocycles. The van der Waals surface area contributed by atoms with Crippen molar-refractivity contribution < 1.29 is 9.90 Å². The van der Waals surface area contributed by atoms with Crippen LogP contribution in [-0.2, 0) is 4.79 Å². The second kappa shape index (κ2) is 5.42. The van der Waals surface area contributed by atoms with E-state index in [9.17, 15) is 4.79 Å².